The van der Waals surface area contributed by atoms with Gasteiger partial charge in [0.2, 0.25) is 5.91 Å². The molecule has 2 atom stereocenters. The maximum absolute atomic E-state index is 13.5. The molecule has 0 bridgehead atoms. The number of benzene rings is 1. The van der Waals surface area contributed by atoms with E-state index in [1.807, 2.05) is 56.3 Å². The van der Waals surface area contributed by atoms with Gasteiger partial charge in [-0.25, -0.2) is 8.42 Å². The van der Waals surface area contributed by atoms with Crippen molar-refractivity contribution in [1.82, 2.24) is 19.5 Å². The van der Waals surface area contributed by atoms with Crippen LogP contribution in [0.5, 0.6) is 0 Å². The fraction of sp³-hybridized carbons (Fsp3) is 0.387. The third-order valence-electron chi connectivity index (χ3n) is 7.80. The van der Waals surface area contributed by atoms with E-state index in [-0.39, 0.29) is 28.6 Å². The van der Waals surface area contributed by atoms with E-state index >= 15 is 0 Å². The zero-order chi connectivity index (χ0) is 29.9. The van der Waals surface area contributed by atoms with E-state index < -0.39 is 15.9 Å². The molecule has 2 aliphatic rings. The first kappa shape index (κ1) is 30.1. The van der Waals surface area contributed by atoms with Gasteiger partial charge >= 0.3 is 0 Å². The lowest BCUT2D eigenvalue weighted by molar-refractivity contribution is -0.126. The van der Waals surface area contributed by atoms with Crippen LogP contribution in [0.15, 0.2) is 65.0 Å². The van der Waals surface area contributed by atoms with Crippen molar-refractivity contribution in [2.24, 2.45) is 5.92 Å². The normalized spacial score (nSPS) is 19.2. The third kappa shape index (κ3) is 5.92. The molecule has 1 aromatic carbocycles. The number of nitrogens with zero attached hydrogens (tertiary/aromatic N) is 3. The Kier molecular flexibility index (Phi) is 9.22. The van der Waals surface area contributed by atoms with Crippen LogP contribution in [0.1, 0.15) is 60.6 Å². The first-order valence-corrected chi connectivity index (χ1v) is 16.4. The topological polar surface area (TPSA) is 109 Å². The Balaban J connectivity index is 1.29. The van der Waals surface area contributed by atoms with Crippen molar-refractivity contribution < 1.29 is 22.7 Å². The molecule has 1 saturated heterocycles. The predicted molar refractivity (Wildman–Crippen MR) is 163 cm³/mol. The van der Waals surface area contributed by atoms with E-state index in [4.69, 9.17) is 4.74 Å². The number of carbonyl (C=O) groups excluding carboxylic acids is 2. The van der Waals surface area contributed by atoms with Gasteiger partial charge in [-0.15, -0.1) is 11.3 Å². The molecule has 1 N–H and O–H groups in total. The first-order chi connectivity index (χ1) is 20.3. The molecule has 2 amide bonds. The minimum absolute atomic E-state index is 0.0533. The van der Waals surface area contributed by atoms with Gasteiger partial charge in [-0.3, -0.25) is 14.6 Å². The van der Waals surface area contributed by atoms with Gasteiger partial charge in [0.15, 0.2) is 0 Å². The van der Waals surface area contributed by atoms with Crippen molar-refractivity contribution >= 4 is 38.9 Å². The Bertz CT molecular complexity index is 1590. The average molecular weight is 609 g/mol. The lowest BCUT2D eigenvalue weighted by Gasteiger charge is -2.31. The second kappa shape index (κ2) is 12.9. The lowest BCUT2D eigenvalue weighted by Crippen LogP contribution is -2.45. The van der Waals surface area contributed by atoms with Crippen LogP contribution in [0, 0.1) is 5.92 Å². The summed E-state index contributed by atoms with van der Waals surface area (Å²) in [6.07, 6.45) is 5.53. The van der Waals surface area contributed by atoms with Gasteiger partial charge in [0.05, 0.1) is 22.5 Å². The molecule has 2 aromatic heterocycles. The zero-order valence-corrected chi connectivity index (χ0v) is 25.7. The maximum Gasteiger partial charge on any atom is 0.258 e. The summed E-state index contributed by atoms with van der Waals surface area (Å²) in [7, 11) is -2.11. The van der Waals surface area contributed by atoms with Crippen LogP contribution >= 0.6 is 11.3 Å². The molecule has 1 fully saturated rings. The van der Waals surface area contributed by atoms with Crippen LogP contribution in [0.2, 0.25) is 0 Å². The molecule has 9 nitrogen and oxygen atoms in total. The number of ether oxygens (including phenoxy) is 1. The number of methoxy groups -OCH3 is 1. The molecular formula is C31H36N4O5S2. The molecule has 4 heterocycles. The summed E-state index contributed by atoms with van der Waals surface area (Å²) in [5, 5.41) is 3.12. The highest BCUT2D eigenvalue weighted by Crippen LogP contribution is 2.38. The number of allylic oxidation sites excluding steroid dienone is 1. The number of sulfonamides is 1. The van der Waals surface area contributed by atoms with Crippen LogP contribution in [-0.4, -0.2) is 67.8 Å². The minimum atomic E-state index is -3.75. The van der Waals surface area contributed by atoms with Gasteiger partial charge in [-0.2, -0.15) is 4.31 Å². The largest absolute Gasteiger partial charge is 0.385 e. The van der Waals surface area contributed by atoms with Crippen molar-refractivity contribution in [2.75, 3.05) is 33.4 Å². The van der Waals surface area contributed by atoms with Crippen LogP contribution < -0.4 is 5.32 Å². The van der Waals surface area contributed by atoms with E-state index in [1.54, 1.807) is 30.3 Å². The number of amides is 2. The molecule has 0 aliphatic carbocycles. The monoisotopic (exact) mass is 608 g/mol. The minimum Gasteiger partial charge on any atom is -0.385 e. The Morgan fingerprint density at radius 1 is 1.21 bits per heavy atom. The molecular weight excluding hydrogens is 572 g/mol. The van der Waals surface area contributed by atoms with Crippen molar-refractivity contribution in [1.29, 1.82) is 0 Å². The van der Waals surface area contributed by atoms with Crippen molar-refractivity contribution in [3.63, 3.8) is 0 Å². The van der Waals surface area contributed by atoms with Crippen LogP contribution in [-0.2, 0) is 19.6 Å². The highest BCUT2D eigenvalue weighted by Gasteiger charge is 2.37. The fourth-order valence-electron chi connectivity index (χ4n) is 5.69. The number of fused-ring (bicyclic) bond motifs is 1. The Morgan fingerprint density at radius 3 is 2.79 bits per heavy atom. The number of carbonyl (C=O) groups is 2. The predicted octanol–water partition coefficient (Wildman–Crippen LogP) is 4.94. The summed E-state index contributed by atoms with van der Waals surface area (Å²) in [4.78, 5) is 33.6. The SMILES string of the molecule is C/C=C1\c2c(cccc2[C@@H](C)NC(=O)C2CCCN(S(=O)(=O)c3ccc(-c4ccccn4)s3)C2)C(=O)N1CCCOC. The van der Waals surface area contributed by atoms with Gasteiger partial charge < -0.3 is 15.0 Å². The van der Waals surface area contributed by atoms with Gasteiger partial charge in [0.25, 0.3) is 15.9 Å². The van der Waals surface area contributed by atoms with Crippen LogP contribution in [0.3, 0.4) is 0 Å². The second-order valence-electron chi connectivity index (χ2n) is 10.5. The zero-order valence-electron chi connectivity index (χ0n) is 24.1. The average Bonchev–Trinajstić information content (AvgIpc) is 3.62. The molecule has 2 aliphatic heterocycles. The summed E-state index contributed by atoms with van der Waals surface area (Å²) >= 11 is 1.19. The number of hydrogen-bond donors (Lipinski definition) is 1. The molecule has 0 radical (unpaired) electrons. The van der Waals surface area contributed by atoms with E-state index in [2.05, 4.69) is 10.3 Å². The second-order valence-corrected chi connectivity index (χ2v) is 13.8. The quantitative estimate of drug-likeness (QED) is 0.327. The number of piperidine rings is 1. The first-order valence-electron chi connectivity index (χ1n) is 14.2. The molecule has 5 rings (SSSR count). The van der Waals surface area contributed by atoms with Gasteiger partial charge in [-0.1, -0.05) is 24.3 Å². The van der Waals surface area contributed by atoms with E-state index in [9.17, 15) is 18.0 Å². The molecule has 0 spiro atoms. The van der Waals surface area contributed by atoms with Crippen LogP contribution in [0.4, 0.5) is 0 Å². The van der Waals surface area contributed by atoms with Gasteiger partial charge in [0, 0.05) is 56.4 Å². The summed E-state index contributed by atoms with van der Waals surface area (Å²) in [6, 6.07) is 14.1. The molecule has 1 unspecified atom stereocenters. The standard InChI is InChI=1S/C31H36N4O5S2/c1-4-26-29-23(11-7-12-24(29)31(37)35(26)18-9-19-40-3)21(2)33-30(36)22-10-8-17-34(20-22)42(38,39)28-15-14-27(41-28)25-13-5-6-16-32-25/h4-7,11-16,21-22H,8-10,17-20H2,1-3H3,(H,33,36)/b26-4+/t21-,22?/m1/s1. The highest BCUT2D eigenvalue weighted by atomic mass is 32.2. The summed E-state index contributed by atoms with van der Waals surface area (Å²) in [5.41, 5.74) is 3.87. The Morgan fingerprint density at radius 2 is 2.05 bits per heavy atom. The summed E-state index contributed by atoms with van der Waals surface area (Å²) in [6.45, 7) is 5.41. The lowest BCUT2D eigenvalue weighted by atomic mass is 9.94. The molecule has 0 saturated carbocycles. The third-order valence-corrected chi connectivity index (χ3v) is 11.2. The van der Waals surface area contributed by atoms with Crippen molar-refractivity contribution in [3.05, 3.63) is 77.5 Å². The summed E-state index contributed by atoms with van der Waals surface area (Å²) in [5.74, 6) is -0.720. The van der Waals surface area contributed by atoms with E-state index in [0.29, 0.717) is 44.5 Å². The molecule has 3 aromatic rings. The number of hydrogen-bond acceptors (Lipinski definition) is 7. The number of thiophene rings is 1. The van der Waals surface area contributed by atoms with Gasteiger partial charge in [0.1, 0.15) is 4.21 Å². The molecule has 222 valence electrons. The number of aromatic nitrogens is 1. The molecule has 11 heteroatoms. The fourth-order valence-corrected chi connectivity index (χ4v) is 8.65. The smallest absolute Gasteiger partial charge is 0.258 e. The van der Waals surface area contributed by atoms with Crippen molar-refractivity contribution in [3.8, 4) is 10.6 Å². The van der Waals surface area contributed by atoms with Crippen LogP contribution in [0.25, 0.3) is 16.3 Å². The number of nitrogens with one attached hydrogen (secondary N) is 1. The number of pyridine rings is 1. The van der Waals surface area contributed by atoms with E-state index in [0.717, 1.165) is 27.4 Å². The highest BCUT2D eigenvalue weighted by molar-refractivity contribution is 7.91. The van der Waals surface area contributed by atoms with Crippen molar-refractivity contribution in [2.45, 2.75) is 43.4 Å². The summed E-state index contributed by atoms with van der Waals surface area (Å²) < 4.78 is 33.9. The Labute approximate surface area is 251 Å². The maximum atomic E-state index is 13.5. The Hall–Kier alpha value is -3.38. The number of rotatable bonds is 10. The van der Waals surface area contributed by atoms with E-state index in [1.165, 1.54) is 15.6 Å². The van der Waals surface area contributed by atoms with Gasteiger partial charge in [-0.05, 0) is 69.0 Å². The molecule has 42 heavy (non-hydrogen) atoms.